The zero-order chi connectivity index (χ0) is 14.6. The number of carboxylic acids is 1. The second-order valence-corrected chi connectivity index (χ2v) is 4.95. The number of aliphatic hydroxyl groups excluding tert-OH is 1. The van der Waals surface area contributed by atoms with Crippen molar-refractivity contribution < 1.29 is 29.3 Å². The number of hydrogen-bond donors (Lipinski definition) is 2. The highest BCUT2D eigenvalue weighted by molar-refractivity contribution is 5.76. The Bertz CT molecular complexity index is 332. The van der Waals surface area contributed by atoms with E-state index in [-0.39, 0.29) is 25.0 Å². The smallest absolute Gasteiger partial charge is 0.306 e. The predicted molar refractivity (Wildman–Crippen MR) is 65.4 cm³/mol. The van der Waals surface area contributed by atoms with E-state index in [4.69, 9.17) is 14.6 Å². The lowest BCUT2D eigenvalue weighted by atomic mass is 9.99. The van der Waals surface area contributed by atoms with Gasteiger partial charge in [-0.15, -0.1) is 0 Å². The third kappa shape index (κ3) is 4.77. The van der Waals surface area contributed by atoms with Crippen molar-refractivity contribution in [3.05, 3.63) is 0 Å². The summed E-state index contributed by atoms with van der Waals surface area (Å²) in [6.07, 6.45) is -1.99. The molecule has 1 aliphatic heterocycles. The van der Waals surface area contributed by atoms with E-state index < -0.39 is 24.3 Å². The first-order chi connectivity index (χ1) is 8.81. The summed E-state index contributed by atoms with van der Waals surface area (Å²) in [4.78, 5) is 23.8. The minimum atomic E-state index is -1.19. The normalized spacial score (nSPS) is 31.2. The molecule has 0 amide bonds. The molecule has 1 fully saturated rings. The maximum absolute atomic E-state index is 11.5. The van der Waals surface area contributed by atoms with E-state index in [0.717, 1.165) is 0 Å². The molecule has 0 aliphatic carbocycles. The average Bonchev–Trinajstić information content (AvgIpc) is 2.29. The molecule has 0 aromatic rings. The van der Waals surface area contributed by atoms with E-state index in [9.17, 15) is 14.7 Å². The van der Waals surface area contributed by atoms with E-state index in [0.29, 0.717) is 6.42 Å². The first kappa shape index (κ1) is 15.9. The largest absolute Gasteiger partial charge is 0.481 e. The van der Waals surface area contributed by atoms with Crippen LogP contribution in [0.1, 0.15) is 26.2 Å². The molecule has 1 saturated heterocycles. The number of carbonyl (C=O) groups excluding carboxylic acids is 1. The predicted octanol–water partition coefficient (Wildman–Crippen LogP) is -0.180. The Labute approximate surface area is 112 Å². The maximum Gasteiger partial charge on any atom is 0.306 e. The molecular weight excluding hydrogens is 254 g/mol. The third-order valence-electron chi connectivity index (χ3n) is 3.08. The Balaban J connectivity index is 2.61. The second-order valence-electron chi connectivity index (χ2n) is 4.95. The van der Waals surface area contributed by atoms with Gasteiger partial charge in [0.1, 0.15) is 0 Å². The van der Waals surface area contributed by atoms with E-state index in [1.54, 1.807) is 0 Å². The van der Waals surface area contributed by atoms with Crippen LogP contribution in [0, 0.1) is 0 Å². The van der Waals surface area contributed by atoms with Gasteiger partial charge in [0.15, 0.2) is 12.4 Å². The Hall–Kier alpha value is -1.18. The van der Waals surface area contributed by atoms with Crippen LogP contribution < -0.4 is 0 Å². The lowest BCUT2D eigenvalue weighted by Crippen LogP contribution is -2.55. The monoisotopic (exact) mass is 275 g/mol. The number of hydrogen-bond acceptors (Lipinski definition) is 6. The summed E-state index contributed by atoms with van der Waals surface area (Å²) in [6, 6.07) is -0.160. The first-order valence-electron chi connectivity index (χ1n) is 6.22. The van der Waals surface area contributed by atoms with Crippen LogP contribution in [0.2, 0.25) is 0 Å². The van der Waals surface area contributed by atoms with Crippen LogP contribution in [0.3, 0.4) is 0 Å². The molecular formula is C12H21NO6. The van der Waals surface area contributed by atoms with Gasteiger partial charge in [-0.1, -0.05) is 0 Å². The standard InChI is InChI=1S/C12H21NO6/c1-7-6-8(13(2)3)11(12(17)18-7)19-10(16)5-4-9(14)15/h7-8,11-12,17H,4-6H2,1-3H3,(H,14,15)/t7-,8?,11-,12-/m1/s1. The van der Waals surface area contributed by atoms with Gasteiger partial charge < -0.3 is 24.6 Å². The molecule has 0 bridgehead atoms. The SMILES string of the molecule is C[C@@H]1CC(N(C)C)[C@@H](OC(=O)CCC(=O)O)[C@H](O)O1. The molecule has 7 heteroatoms. The lowest BCUT2D eigenvalue weighted by Gasteiger charge is -2.40. The fourth-order valence-corrected chi connectivity index (χ4v) is 2.10. The van der Waals surface area contributed by atoms with Crippen LogP contribution in [0.5, 0.6) is 0 Å². The average molecular weight is 275 g/mol. The number of carboxylic acid groups (broad SMARTS) is 1. The van der Waals surface area contributed by atoms with Gasteiger partial charge in [-0.2, -0.15) is 0 Å². The van der Waals surface area contributed by atoms with Crippen LogP contribution in [0.25, 0.3) is 0 Å². The van der Waals surface area contributed by atoms with Crippen molar-refractivity contribution in [2.24, 2.45) is 0 Å². The molecule has 1 unspecified atom stereocenters. The highest BCUT2D eigenvalue weighted by atomic mass is 16.6. The Morgan fingerprint density at radius 3 is 2.53 bits per heavy atom. The number of aliphatic hydroxyl groups is 1. The summed E-state index contributed by atoms with van der Waals surface area (Å²) in [7, 11) is 3.65. The Morgan fingerprint density at radius 1 is 1.37 bits per heavy atom. The van der Waals surface area contributed by atoms with E-state index >= 15 is 0 Å². The summed E-state index contributed by atoms with van der Waals surface area (Å²) in [5.41, 5.74) is 0. The zero-order valence-electron chi connectivity index (χ0n) is 11.4. The number of rotatable bonds is 5. The molecule has 0 aromatic heterocycles. The van der Waals surface area contributed by atoms with E-state index in [1.807, 2.05) is 25.9 Å². The number of carbonyl (C=O) groups is 2. The van der Waals surface area contributed by atoms with Crippen LogP contribution in [-0.4, -0.2) is 65.7 Å². The zero-order valence-corrected chi connectivity index (χ0v) is 11.4. The van der Waals surface area contributed by atoms with Gasteiger partial charge in [-0.25, -0.2) is 0 Å². The van der Waals surface area contributed by atoms with Crippen molar-refractivity contribution in [1.82, 2.24) is 4.90 Å². The molecule has 1 heterocycles. The third-order valence-corrected chi connectivity index (χ3v) is 3.08. The minimum Gasteiger partial charge on any atom is -0.481 e. The van der Waals surface area contributed by atoms with Gasteiger partial charge in [0.2, 0.25) is 0 Å². The second kappa shape index (κ2) is 6.83. The van der Waals surface area contributed by atoms with Gasteiger partial charge >= 0.3 is 11.9 Å². The number of ether oxygens (including phenoxy) is 2. The molecule has 7 nitrogen and oxygen atoms in total. The molecule has 0 radical (unpaired) electrons. The number of esters is 1. The van der Waals surface area contributed by atoms with E-state index in [2.05, 4.69) is 0 Å². The van der Waals surface area contributed by atoms with Gasteiger partial charge in [-0.3, -0.25) is 9.59 Å². The van der Waals surface area contributed by atoms with Crippen molar-refractivity contribution >= 4 is 11.9 Å². The van der Waals surface area contributed by atoms with Crippen LogP contribution in [0.4, 0.5) is 0 Å². The molecule has 1 rings (SSSR count). The fourth-order valence-electron chi connectivity index (χ4n) is 2.10. The molecule has 0 spiro atoms. The highest BCUT2D eigenvalue weighted by Gasteiger charge is 2.40. The van der Waals surface area contributed by atoms with Crippen molar-refractivity contribution in [3.63, 3.8) is 0 Å². The summed E-state index contributed by atoms with van der Waals surface area (Å²) >= 11 is 0. The van der Waals surface area contributed by atoms with Crippen molar-refractivity contribution in [1.29, 1.82) is 0 Å². The van der Waals surface area contributed by atoms with Crippen LogP contribution in [0.15, 0.2) is 0 Å². The van der Waals surface area contributed by atoms with Gasteiger partial charge in [0.05, 0.1) is 25.0 Å². The lowest BCUT2D eigenvalue weighted by molar-refractivity contribution is -0.240. The molecule has 2 N–H and O–H groups in total. The van der Waals surface area contributed by atoms with Gasteiger partial charge in [0.25, 0.3) is 0 Å². The molecule has 0 aromatic carbocycles. The van der Waals surface area contributed by atoms with Gasteiger partial charge in [0, 0.05) is 0 Å². The molecule has 110 valence electrons. The molecule has 19 heavy (non-hydrogen) atoms. The summed E-state index contributed by atoms with van der Waals surface area (Å²) in [6.45, 7) is 1.84. The molecule has 4 atom stereocenters. The fraction of sp³-hybridized carbons (Fsp3) is 0.833. The van der Waals surface area contributed by atoms with Crippen molar-refractivity contribution in [2.45, 2.75) is 50.7 Å². The maximum atomic E-state index is 11.5. The molecule has 1 aliphatic rings. The summed E-state index contributed by atoms with van der Waals surface area (Å²) < 4.78 is 10.4. The summed E-state index contributed by atoms with van der Waals surface area (Å²) in [5.74, 6) is -1.70. The van der Waals surface area contributed by atoms with Crippen molar-refractivity contribution in [2.75, 3.05) is 14.1 Å². The number of aliphatic carboxylic acids is 1. The van der Waals surface area contributed by atoms with Crippen molar-refractivity contribution in [3.8, 4) is 0 Å². The quantitative estimate of drug-likeness (QED) is 0.672. The Kier molecular flexibility index (Phi) is 5.71. The van der Waals surface area contributed by atoms with Crippen LogP contribution in [-0.2, 0) is 19.1 Å². The van der Waals surface area contributed by atoms with Crippen LogP contribution >= 0.6 is 0 Å². The topological polar surface area (TPSA) is 96.3 Å². The number of likely N-dealkylation sites (N-methyl/N-ethyl adjacent to an activating group) is 1. The summed E-state index contributed by atoms with van der Waals surface area (Å²) in [5, 5.41) is 18.3. The first-order valence-corrected chi connectivity index (χ1v) is 6.22. The number of nitrogens with zero attached hydrogens (tertiary/aromatic N) is 1. The molecule has 0 saturated carbocycles. The highest BCUT2D eigenvalue weighted by Crippen LogP contribution is 2.24. The van der Waals surface area contributed by atoms with Gasteiger partial charge in [-0.05, 0) is 27.4 Å². The minimum absolute atomic E-state index is 0.128. The van der Waals surface area contributed by atoms with E-state index in [1.165, 1.54) is 0 Å². The Morgan fingerprint density at radius 2 is 2.00 bits per heavy atom.